The Balaban J connectivity index is 1.44. The molecule has 0 atom stereocenters. The Morgan fingerprint density at radius 3 is 2.42 bits per heavy atom. The summed E-state index contributed by atoms with van der Waals surface area (Å²) >= 11 is 0. The molecule has 4 heteroatoms. The Hall–Kier alpha value is -2.49. The largest absolute Gasteiger partial charge is 0.495 e. The van der Waals surface area contributed by atoms with Crippen LogP contribution in [0.25, 0.3) is 0 Å². The Kier molecular flexibility index (Phi) is 4.83. The van der Waals surface area contributed by atoms with E-state index in [-0.39, 0.29) is 5.91 Å². The van der Waals surface area contributed by atoms with Crippen molar-refractivity contribution in [1.82, 2.24) is 4.90 Å². The van der Waals surface area contributed by atoms with Crippen molar-refractivity contribution in [1.29, 1.82) is 0 Å². The number of carbonyl (C=O) groups excluding carboxylic acids is 1. The van der Waals surface area contributed by atoms with Gasteiger partial charge in [-0.2, -0.15) is 0 Å². The van der Waals surface area contributed by atoms with E-state index in [0.29, 0.717) is 0 Å². The van der Waals surface area contributed by atoms with Gasteiger partial charge in [-0.05, 0) is 61.1 Å². The van der Waals surface area contributed by atoms with Gasteiger partial charge in [0.15, 0.2) is 0 Å². The molecule has 136 valence electrons. The third kappa shape index (κ3) is 3.28. The number of piperazine rings is 1. The van der Waals surface area contributed by atoms with E-state index in [0.717, 1.165) is 56.0 Å². The van der Waals surface area contributed by atoms with Crippen molar-refractivity contribution in [2.45, 2.75) is 25.7 Å². The Morgan fingerprint density at radius 2 is 1.65 bits per heavy atom. The van der Waals surface area contributed by atoms with Crippen LogP contribution in [0.2, 0.25) is 0 Å². The minimum atomic E-state index is 0.165. The van der Waals surface area contributed by atoms with E-state index in [4.69, 9.17) is 4.74 Å². The predicted molar refractivity (Wildman–Crippen MR) is 104 cm³/mol. The van der Waals surface area contributed by atoms with Crippen LogP contribution >= 0.6 is 0 Å². The fraction of sp³-hybridized carbons (Fsp3) is 0.409. The van der Waals surface area contributed by atoms with Gasteiger partial charge in [0.2, 0.25) is 0 Å². The van der Waals surface area contributed by atoms with Crippen molar-refractivity contribution < 1.29 is 9.53 Å². The number of anilines is 1. The van der Waals surface area contributed by atoms with Gasteiger partial charge in [-0.15, -0.1) is 0 Å². The molecule has 0 N–H and O–H groups in total. The quantitative estimate of drug-likeness (QED) is 0.849. The Morgan fingerprint density at radius 1 is 0.923 bits per heavy atom. The molecule has 26 heavy (non-hydrogen) atoms. The highest BCUT2D eigenvalue weighted by Gasteiger charge is 2.24. The fourth-order valence-corrected chi connectivity index (χ4v) is 4.09. The third-order valence-electron chi connectivity index (χ3n) is 5.59. The van der Waals surface area contributed by atoms with Crippen molar-refractivity contribution in [3.8, 4) is 5.75 Å². The molecule has 0 bridgehead atoms. The number of fused-ring (bicyclic) bond motifs is 1. The monoisotopic (exact) mass is 350 g/mol. The SMILES string of the molecule is COc1ccccc1N1CCN(C(=O)c2ccc3c(c2)CCCC3)CC1. The average Bonchev–Trinajstić information content (AvgIpc) is 2.73. The van der Waals surface area contributed by atoms with Gasteiger partial charge < -0.3 is 14.5 Å². The summed E-state index contributed by atoms with van der Waals surface area (Å²) < 4.78 is 5.47. The van der Waals surface area contributed by atoms with Crippen LogP contribution in [0.4, 0.5) is 5.69 Å². The zero-order chi connectivity index (χ0) is 17.9. The molecule has 1 aliphatic heterocycles. The van der Waals surface area contributed by atoms with Gasteiger partial charge in [-0.25, -0.2) is 0 Å². The first-order valence-corrected chi connectivity index (χ1v) is 9.55. The molecular weight excluding hydrogens is 324 g/mol. The molecule has 2 aliphatic rings. The number of hydrogen-bond donors (Lipinski definition) is 0. The molecule has 1 fully saturated rings. The highest BCUT2D eigenvalue weighted by atomic mass is 16.5. The molecule has 1 aliphatic carbocycles. The topological polar surface area (TPSA) is 32.8 Å². The summed E-state index contributed by atoms with van der Waals surface area (Å²) in [5, 5.41) is 0. The second-order valence-corrected chi connectivity index (χ2v) is 7.14. The molecule has 0 aromatic heterocycles. The number of amides is 1. The van der Waals surface area contributed by atoms with Gasteiger partial charge >= 0.3 is 0 Å². The molecule has 0 radical (unpaired) electrons. The molecular formula is C22H26N2O2. The molecule has 4 nitrogen and oxygen atoms in total. The van der Waals surface area contributed by atoms with Gasteiger partial charge in [0.05, 0.1) is 12.8 Å². The van der Waals surface area contributed by atoms with Gasteiger partial charge in [0, 0.05) is 31.7 Å². The molecule has 1 saturated heterocycles. The molecule has 0 unspecified atom stereocenters. The molecule has 2 aromatic rings. The number of carbonyl (C=O) groups is 1. The summed E-state index contributed by atoms with van der Waals surface area (Å²) in [5.74, 6) is 1.06. The van der Waals surface area contributed by atoms with Gasteiger partial charge in [0.25, 0.3) is 5.91 Å². The highest BCUT2D eigenvalue weighted by molar-refractivity contribution is 5.94. The molecule has 1 heterocycles. The zero-order valence-electron chi connectivity index (χ0n) is 15.4. The lowest BCUT2D eigenvalue weighted by Gasteiger charge is -2.36. The molecule has 0 spiro atoms. The summed E-state index contributed by atoms with van der Waals surface area (Å²) in [6.45, 7) is 3.15. The van der Waals surface area contributed by atoms with E-state index in [1.165, 1.54) is 24.0 Å². The second-order valence-electron chi connectivity index (χ2n) is 7.14. The molecule has 0 saturated carbocycles. The smallest absolute Gasteiger partial charge is 0.253 e. The standard InChI is InChI=1S/C22H26N2O2/c1-26-21-9-5-4-8-20(21)23-12-14-24(15-13-23)22(25)19-11-10-17-6-2-3-7-18(17)16-19/h4-5,8-11,16H,2-3,6-7,12-15H2,1H3. The van der Waals surface area contributed by atoms with E-state index in [1.54, 1.807) is 7.11 Å². The first-order valence-electron chi connectivity index (χ1n) is 9.55. The lowest BCUT2D eigenvalue weighted by molar-refractivity contribution is 0.0746. The van der Waals surface area contributed by atoms with E-state index >= 15 is 0 Å². The number of benzene rings is 2. The van der Waals surface area contributed by atoms with Crippen molar-refractivity contribution in [3.05, 3.63) is 59.2 Å². The Bertz CT molecular complexity index is 794. The van der Waals surface area contributed by atoms with E-state index < -0.39 is 0 Å². The summed E-state index contributed by atoms with van der Waals surface area (Å²) in [7, 11) is 1.70. The van der Waals surface area contributed by atoms with Crippen LogP contribution in [0.15, 0.2) is 42.5 Å². The lowest BCUT2D eigenvalue weighted by Crippen LogP contribution is -2.48. The Labute approximate surface area is 155 Å². The van der Waals surface area contributed by atoms with Crippen LogP contribution in [-0.4, -0.2) is 44.1 Å². The number of nitrogens with zero attached hydrogens (tertiary/aromatic N) is 2. The molecule has 4 rings (SSSR count). The van der Waals surface area contributed by atoms with Gasteiger partial charge in [-0.3, -0.25) is 4.79 Å². The summed E-state index contributed by atoms with van der Waals surface area (Å²) in [6.07, 6.45) is 4.77. The van der Waals surface area contributed by atoms with E-state index in [9.17, 15) is 4.79 Å². The maximum absolute atomic E-state index is 12.9. The molecule has 2 aromatic carbocycles. The zero-order valence-corrected chi connectivity index (χ0v) is 15.4. The summed E-state index contributed by atoms with van der Waals surface area (Å²) in [6, 6.07) is 14.4. The number of methoxy groups -OCH3 is 1. The maximum Gasteiger partial charge on any atom is 0.253 e. The fourth-order valence-electron chi connectivity index (χ4n) is 4.09. The number of para-hydroxylation sites is 2. The van der Waals surface area contributed by atoms with Crippen molar-refractivity contribution in [3.63, 3.8) is 0 Å². The van der Waals surface area contributed by atoms with Crippen LogP contribution in [0.5, 0.6) is 5.75 Å². The minimum Gasteiger partial charge on any atom is -0.495 e. The highest BCUT2D eigenvalue weighted by Crippen LogP contribution is 2.29. The third-order valence-corrected chi connectivity index (χ3v) is 5.59. The van der Waals surface area contributed by atoms with Crippen molar-refractivity contribution in [2.24, 2.45) is 0 Å². The molecule has 1 amide bonds. The van der Waals surface area contributed by atoms with Crippen LogP contribution in [-0.2, 0) is 12.8 Å². The second kappa shape index (κ2) is 7.40. The van der Waals surface area contributed by atoms with Crippen molar-refractivity contribution in [2.75, 3.05) is 38.2 Å². The maximum atomic E-state index is 12.9. The number of hydrogen-bond acceptors (Lipinski definition) is 3. The van der Waals surface area contributed by atoms with E-state index in [1.807, 2.05) is 29.2 Å². The van der Waals surface area contributed by atoms with E-state index in [2.05, 4.69) is 23.1 Å². The van der Waals surface area contributed by atoms with Gasteiger partial charge in [-0.1, -0.05) is 18.2 Å². The summed E-state index contributed by atoms with van der Waals surface area (Å²) in [4.78, 5) is 17.2. The van der Waals surface area contributed by atoms with Crippen LogP contribution in [0, 0.1) is 0 Å². The number of rotatable bonds is 3. The van der Waals surface area contributed by atoms with Crippen LogP contribution in [0.3, 0.4) is 0 Å². The van der Waals surface area contributed by atoms with Crippen molar-refractivity contribution >= 4 is 11.6 Å². The van der Waals surface area contributed by atoms with Crippen LogP contribution < -0.4 is 9.64 Å². The average molecular weight is 350 g/mol. The first kappa shape index (κ1) is 17.0. The normalized spacial score (nSPS) is 17.0. The minimum absolute atomic E-state index is 0.165. The lowest BCUT2D eigenvalue weighted by atomic mass is 9.90. The number of ether oxygens (including phenoxy) is 1. The van der Waals surface area contributed by atoms with Gasteiger partial charge in [0.1, 0.15) is 5.75 Å². The predicted octanol–water partition coefficient (Wildman–Crippen LogP) is 3.54. The first-order chi connectivity index (χ1) is 12.8. The number of aryl methyl sites for hydroxylation is 2. The van der Waals surface area contributed by atoms with Crippen LogP contribution in [0.1, 0.15) is 34.3 Å². The summed E-state index contributed by atoms with van der Waals surface area (Å²) in [5.41, 5.74) is 4.75.